The van der Waals surface area contributed by atoms with Crippen LogP contribution in [0.2, 0.25) is 0 Å². The van der Waals surface area contributed by atoms with Gasteiger partial charge in [-0.05, 0) is 61.0 Å². The molecule has 0 bridgehead atoms. The van der Waals surface area contributed by atoms with Crippen molar-refractivity contribution >= 4 is 72.4 Å². The number of nitrogens with one attached hydrogen (secondary N) is 2. The minimum Gasteiger partial charge on any atom is -0.325 e. The number of hydrogen-bond donors (Lipinski definition) is 2. The molecule has 3 aromatic carbocycles. The Bertz CT molecular complexity index is 1260. The monoisotopic (exact) mass is 511 g/mol. The summed E-state index contributed by atoms with van der Waals surface area (Å²) in [5.41, 5.74) is 3.90. The average molecular weight is 512 g/mol. The molecule has 2 N–H and O–H groups in total. The summed E-state index contributed by atoms with van der Waals surface area (Å²) in [5.74, 6) is 0.0474. The number of rotatable bonds is 6. The lowest BCUT2D eigenvalue weighted by molar-refractivity contribution is -0.113. The first-order valence-corrected chi connectivity index (χ1v) is 12.0. The maximum atomic E-state index is 12.5. The van der Waals surface area contributed by atoms with Crippen molar-refractivity contribution in [2.75, 3.05) is 16.4 Å². The van der Waals surface area contributed by atoms with E-state index in [9.17, 15) is 9.59 Å². The van der Waals surface area contributed by atoms with Crippen molar-refractivity contribution in [3.05, 3.63) is 82.3 Å². The number of amides is 2. The Morgan fingerprint density at radius 1 is 1.00 bits per heavy atom. The van der Waals surface area contributed by atoms with E-state index in [1.807, 2.05) is 73.7 Å². The molecular formula is C23H18BrN3O2S2. The zero-order valence-corrected chi connectivity index (χ0v) is 19.7. The van der Waals surface area contributed by atoms with Crippen LogP contribution in [-0.4, -0.2) is 22.6 Å². The van der Waals surface area contributed by atoms with Gasteiger partial charge in [-0.2, -0.15) is 0 Å². The summed E-state index contributed by atoms with van der Waals surface area (Å²) in [5, 5.41) is 5.82. The Morgan fingerprint density at radius 2 is 1.74 bits per heavy atom. The highest BCUT2D eigenvalue weighted by atomic mass is 79.9. The maximum absolute atomic E-state index is 12.5. The Labute approximate surface area is 196 Å². The fraction of sp³-hybridized carbons (Fsp3) is 0.0870. The fourth-order valence-corrected chi connectivity index (χ4v) is 5.10. The van der Waals surface area contributed by atoms with E-state index in [1.54, 1.807) is 0 Å². The number of fused-ring (bicyclic) bond motifs is 1. The number of aryl methyl sites for hydroxylation is 1. The average Bonchev–Trinajstić information content (AvgIpc) is 3.16. The zero-order valence-electron chi connectivity index (χ0n) is 16.5. The molecule has 4 aromatic rings. The Hall–Kier alpha value is -2.68. The number of benzene rings is 3. The second kappa shape index (κ2) is 9.64. The predicted octanol–water partition coefficient (Wildman–Crippen LogP) is 6.35. The van der Waals surface area contributed by atoms with Crippen molar-refractivity contribution in [2.45, 2.75) is 11.3 Å². The molecule has 0 aliphatic heterocycles. The van der Waals surface area contributed by atoms with Crippen molar-refractivity contribution in [3.8, 4) is 0 Å². The first kappa shape index (κ1) is 21.5. The summed E-state index contributed by atoms with van der Waals surface area (Å²) in [6.45, 7) is 1.91. The van der Waals surface area contributed by atoms with Gasteiger partial charge in [0, 0.05) is 21.4 Å². The molecule has 0 saturated heterocycles. The number of carbonyl (C=O) groups is 2. The van der Waals surface area contributed by atoms with E-state index in [1.165, 1.54) is 23.1 Å². The lowest BCUT2D eigenvalue weighted by atomic mass is 10.1. The van der Waals surface area contributed by atoms with Crippen LogP contribution >= 0.6 is 39.0 Å². The summed E-state index contributed by atoms with van der Waals surface area (Å²) in [4.78, 5) is 29.3. The number of hydrogen-bond acceptors (Lipinski definition) is 5. The van der Waals surface area contributed by atoms with Gasteiger partial charge in [0.25, 0.3) is 5.91 Å². The summed E-state index contributed by atoms with van der Waals surface area (Å²) >= 11 is 6.27. The van der Waals surface area contributed by atoms with Crippen LogP contribution in [0.5, 0.6) is 0 Å². The van der Waals surface area contributed by atoms with Crippen LogP contribution in [0.15, 0.2) is 75.5 Å². The molecule has 1 heterocycles. The fourth-order valence-electron chi connectivity index (χ4n) is 2.93. The van der Waals surface area contributed by atoms with E-state index in [2.05, 4.69) is 31.5 Å². The topological polar surface area (TPSA) is 71.1 Å². The minimum absolute atomic E-state index is 0.0854. The molecule has 2 amide bonds. The maximum Gasteiger partial charge on any atom is 0.255 e. The third-order valence-electron chi connectivity index (χ3n) is 4.47. The largest absolute Gasteiger partial charge is 0.325 e. The highest BCUT2D eigenvalue weighted by Crippen LogP contribution is 2.31. The molecule has 0 radical (unpaired) electrons. The van der Waals surface area contributed by atoms with E-state index in [-0.39, 0.29) is 17.6 Å². The van der Waals surface area contributed by atoms with Crippen LogP contribution in [0.25, 0.3) is 10.2 Å². The number of aromatic nitrogens is 1. The van der Waals surface area contributed by atoms with Gasteiger partial charge >= 0.3 is 0 Å². The molecule has 1 aromatic heterocycles. The van der Waals surface area contributed by atoms with E-state index in [4.69, 9.17) is 0 Å². The minimum atomic E-state index is -0.138. The lowest BCUT2D eigenvalue weighted by Gasteiger charge is -2.07. The molecule has 0 fully saturated rings. The van der Waals surface area contributed by atoms with Gasteiger partial charge in [-0.3, -0.25) is 9.59 Å². The Balaban J connectivity index is 1.39. The van der Waals surface area contributed by atoms with E-state index in [0.29, 0.717) is 11.3 Å². The van der Waals surface area contributed by atoms with Gasteiger partial charge in [0.2, 0.25) is 5.91 Å². The van der Waals surface area contributed by atoms with Crippen LogP contribution in [0.3, 0.4) is 0 Å². The standard InChI is InChI=1S/C23H18BrN3O2S2/c1-14-4-2-3-5-18(14)22(29)26-17-10-11-19-20(12-17)31-23(27-19)30-13-21(28)25-16-8-6-15(24)7-9-16/h2-12H,13H2,1H3,(H,25,28)(H,26,29). The molecule has 0 unspecified atom stereocenters. The molecule has 0 aliphatic carbocycles. The number of thioether (sulfide) groups is 1. The van der Waals surface area contributed by atoms with E-state index >= 15 is 0 Å². The molecule has 0 atom stereocenters. The Morgan fingerprint density at radius 3 is 2.52 bits per heavy atom. The highest BCUT2D eigenvalue weighted by Gasteiger charge is 2.12. The number of anilines is 2. The molecule has 0 aliphatic rings. The van der Waals surface area contributed by atoms with Crippen molar-refractivity contribution in [1.29, 1.82) is 0 Å². The molecule has 5 nitrogen and oxygen atoms in total. The second-order valence-electron chi connectivity index (χ2n) is 6.78. The van der Waals surface area contributed by atoms with Gasteiger partial charge in [-0.1, -0.05) is 45.9 Å². The van der Waals surface area contributed by atoms with E-state index in [0.717, 1.165) is 30.3 Å². The number of halogens is 1. The van der Waals surface area contributed by atoms with Crippen LogP contribution in [0.4, 0.5) is 11.4 Å². The predicted molar refractivity (Wildman–Crippen MR) is 132 cm³/mol. The van der Waals surface area contributed by atoms with Crippen LogP contribution in [0, 0.1) is 6.92 Å². The number of thiazole rings is 1. The number of carbonyl (C=O) groups excluding carboxylic acids is 2. The van der Waals surface area contributed by atoms with Gasteiger partial charge < -0.3 is 10.6 Å². The third-order valence-corrected chi connectivity index (χ3v) is 7.16. The SMILES string of the molecule is Cc1ccccc1C(=O)Nc1ccc2nc(SCC(=O)Nc3ccc(Br)cc3)sc2c1. The van der Waals surface area contributed by atoms with Crippen molar-refractivity contribution in [1.82, 2.24) is 4.98 Å². The molecule has 0 spiro atoms. The molecule has 4 rings (SSSR count). The van der Waals surface area contributed by atoms with Gasteiger partial charge in [-0.25, -0.2) is 4.98 Å². The van der Waals surface area contributed by atoms with Gasteiger partial charge in [0.05, 0.1) is 16.0 Å². The van der Waals surface area contributed by atoms with Gasteiger partial charge in [-0.15, -0.1) is 11.3 Å². The summed E-state index contributed by atoms with van der Waals surface area (Å²) in [7, 11) is 0. The quantitative estimate of drug-likeness (QED) is 0.296. The zero-order chi connectivity index (χ0) is 21.8. The second-order valence-corrected chi connectivity index (χ2v) is 9.94. The van der Waals surface area contributed by atoms with Crippen molar-refractivity contribution in [3.63, 3.8) is 0 Å². The molecule has 156 valence electrons. The smallest absolute Gasteiger partial charge is 0.255 e. The van der Waals surface area contributed by atoms with Crippen LogP contribution in [-0.2, 0) is 4.79 Å². The van der Waals surface area contributed by atoms with Crippen molar-refractivity contribution in [2.24, 2.45) is 0 Å². The van der Waals surface area contributed by atoms with Crippen molar-refractivity contribution < 1.29 is 9.59 Å². The summed E-state index contributed by atoms with van der Waals surface area (Å²) in [6.07, 6.45) is 0. The first-order valence-electron chi connectivity index (χ1n) is 9.44. The van der Waals surface area contributed by atoms with Gasteiger partial charge in [0.15, 0.2) is 4.34 Å². The summed E-state index contributed by atoms with van der Waals surface area (Å²) < 4.78 is 2.73. The molecular weight excluding hydrogens is 494 g/mol. The molecule has 0 saturated carbocycles. The van der Waals surface area contributed by atoms with Crippen LogP contribution < -0.4 is 10.6 Å². The van der Waals surface area contributed by atoms with E-state index < -0.39 is 0 Å². The normalized spacial score (nSPS) is 10.8. The Kier molecular flexibility index (Phi) is 6.70. The third kappa shape index (κ3) is 5.52. The first-order chi connectivity index (χ1) is 15.0. The highest BCUT2D eigenvalue weighted by molar-refractivity contribution is 9.10. The summed E-state index contributed by atoms with van der Waals surface area (Å²) in [6, 6.07) is 20.6. The molecule has 8 heteroatoms. The lowest BCUT2D eigenvalue weighted by Crippen LogP contribution is -2.13. The van der Waals surface area contributed by atoms with Gasteiger partial charge in [0.1, 0.15) is 0 Å². The number of nitrogens with zero attached hydrogens (tertiary/aromatic N) is 1. The van der Waals surface area contributed by atoms with Crippen LogP contribution in [0.1, 0.15) is 15.9 Å². The molecule has 31 heavy (non-hydrogen) atoms.